The van der Waals surface area contributed by atoms with Crippen molar-refractivity contribution < 1.29 is 37.4 Å². The minimum Gasteiger partial charge on any atom is -0.444 e. The molecule has 14 rings (SSSR count). The Hall–Kier alpha value is -9.48. The number of piperazine rings is 2. The standard InChI is InChI=1S/C41H46ClFN8O6S.C31H30ClFN8O2S/c1-19(2)27-30(20(3)14-15-44-27)51-34-23(31-32(36(51)53)48(11)35(52)26-18-49(21(4)17-50(26)31)39(55)57-41(8,9)10)16-24(42)28(45-34)22-12-13-25(43)29-33(22)58-37(46-29)47-38(54)56-40(5,6)7;1-13(2)21-24(14(3)8-9-35-21)41-28-17(25-26(30(41)43)39(5)29(42)20-11-36-15(4)12-40(20)25)10-18(32)22(37-28)16-6-7-19(33)23-27(16)44-31(34)38-23/h12-16,19,21,26H,17-18H2,1-11H3,(H,46,47,54);6-10,13,15,20,36H,11-12H2,1-5H3,(H2,34,38)/t21-,26-;15-,20-/m11/s1. The van der Waals surface area contributed by atoms with Crippen molar-refractivity contribution >= 4 is 145 Å². The number of nitrogens with two attached hydrogens (primary N) is 1. The van der Waals surface area contributed by atoms with Gasteiger partial charge in [-0.25, -0.2) is 38.3 Å². The van der Waals surface area contributed by atoms with Crippen LogP contribution in [0.1, 0.15) is 117 Å². The summed E-state index contributed by atoms with van der Waals surface area (Å²) in [4.78, 5) is 120. The largest absolute Gasteiger partial charge is 0.444 e. The number of carbonyl (C=O) groups is 4. The zero-order valence-electron chi connectivity index (χ0n) is 59.1. The molecule has 2 fully saturated rings. The van der Waals surface area contributed by atoms with Crippen molar-refractivity contribution in [2.24, 2.45) is 0 Å². The van der Waals surface area contributed by atoms with Crippen LogP contribution in [0.3, 0.4) is 0 Å². The maximum absolute atomic E-state index is 15.4. The molecule has 2 aromatic carbocycles. The van der Waals surface area contributed by atoms with Gasteiger partial charge >= 0.3 is 12.2 Å². The molecule has 0 radical (unpaired) electrons. The lowest BCUT2D eigenvalue weighted by Crippen LogP contribution is -2.66. The van der Waals surface area contributed by atoms with Gasteiger partial charge in [-0.2, -0.15) is 0 Å². The molecule has 2 saturated heterocycles. The molecule has 24 nitrogen and oxygen atoms in total. The number of hydrogen-bond donors (Lipinski definition) is 3. The van der Waals surface area contributed by atoms with Crippen LogP contribution < -0.4 is 47.1 Å². The molecule has 102 heavy (non-hydrogen) atoms. The number of nitrogens with one attached hydrogen (secondary N) is 2. The summed E-state index contributed by atoms with van der Waals surface area (Å²) in [6, 6.07) is 11.2. The van der Waals surface area contributed by atoms with Gasteiger partial charge in [0, 0.05) is 80.1 Å². The molecule has 0 bridgehead atoms. The van der Waals surface area contributed by atoms with Crippen molar-refractivity contribution in [3.63, 3.8) is 0 Å². The van der Waals surface area contributed by atoms with Crippen molar-refractivity contribution in [3.05, 3.63) is 126 Å². The van der Waals surface area contributed by atoms with Gasteiger partial charge in [0.25, 0.3) is 22.9 Å². The number of halogens is 4. The first-order valence-electron chi connectivity index (χ1n) is 33.3. The number of anilines is 6. The van der Waals surface area contributed by atoms with E-state index in [0.29, 0.717) is 94.9 Å². The van der Waals surface area contributed by atoms with Crippen LogP contribution >= 0.6 is 45.9 Å². The number of thiazole rings is 2. The normalized spacial score (nSPS) is 17.7. The molecule has 4 aliphatic heterocycles. The molecular weight excluding hydrogens is 1390 g/mol. The number of pyridine rings is 6. The summed E-state index contributed by atoms with van der Waals surface area (Å²) in [6.07, 6.45) is 2.12. The molecule has 532 valence electrons. The number of aromatic nitrogens is 8. The fraction of sp³-hybridized carbons (Fsp3) is 0.389. The summed E-state index contributed by atoms with van der Waals surface area (Å²) in [6.45, 7) is 27.4. The Labute approximate surface area is 603 Å². The average molecular weight is 1470 g/mol. The number of benzene rings is 2. The van der Waals surface area contributed by atoms with E-state index in [-0.39, 0.29) is 91.8 Å². The van der Waals surface area contributed by atoms with Crippen LogP contribution in [0, 0.1) is 25.5 Å². The first-order valence-corrected chi connectivity index (χ1v) is 35.7. The quantitative estimate of drug-likeness (QED) is 0.134. The van der Waals surface area contributed by atoms with Crippen molar-refractivity contribution in [3.8, 4) is 33.9 Å². The first kappa shape index (κ1) is 70.9. The van der Waals surface area contributed by atoms with Crippen LogP contribution in [0.5, 0.6) is 0 Å². The average Bonchev–Trinajstić information content (AvgIpc) is 0.745. The summed E-state index contributed by atoms with van der Waals surface area (Å²) < 4.78 is 45.1. The number of fused-ring (bicyclic) bond motifs is 12. The van der Waals surface area contributed by atoms with E-state index in [1.165, 1.54) is 32.6 Å². The van der Waals surface area contributed by atoms with Gasteiger partial charge in [0.2, 0.25) is 0 Å². The second-order valence-electron chi connectivity index (χ2n) is 28.8. The number of rotatable bonds is 7. The zero-order chi connectivity index (χ0) is 73.5. The van der Waals surface area contributed by atoms with Crippen LogP contribution in [-0.4, -0.2) is 144 Å². The third-order valence-electron chi connectivity index (χ3n) is 18.4. The van der Waals surface area contributed by atoms with Gasteiger partial charge in [-0.3, -0.25) is 43.6 Å². The summed E-state index contributed by atoms with van der Waals surface area (Å²) in [5.41, 5.74) is 11.3. The lowest BCUT2D eigenvalue weighted by molar-refractivity contribution is -0.121. The third kappa shape index (κ3) is 12.2. The summed E-state index contributed by atoms with van der Waals surface area (Å²) in [5, 5.41) is 7.86. The molecule has 0 aliphatic carbocycles. The van der Waals surface area contributed by atoms with E-state index in [9.17, 15) is 28.4 Å². The molecule has 4 N–H and O–H groups in total. The number of amides is 4. The summed E-state index contributed by atoms with van der Waals surface area (Å²) >= 11 is 16.4. The maximum atomic E-state index is 15.4. The second kappa shape index (κ2) is 26.1. The predicted octanol–water partition coefficient (Wildman–Crippen LogP) is 13.4. The van der Waals surface area contributed by atoms with Crippen molar-refractivity contribution in [1.82, 2.24) is 49.3 Å². The lowest BCUT2D eigenvalue weighted by atomic mass is 9.98. The molecule has 0 unspecified atom stereocenters. The van der Waals surface area contributed by atoms with Gasteiger partial charge in [0.15, 0.2) is 10.3 Å². The molecule has 4 amide bonds. The van der Waals surface area contributed by atoms with Gasteiger partial charge in [0.1, 0.15) is 68.6 Å². The predicted molar refractivity (Wildman–Crippen MR) is 398 cm³/mol. The first-order chi connectivity index (χ1) is 48.0. The third-order valence-corrected chi connectivity index (χ3v) is 20.9. The highest BCUT2D eigenvalue weighted by Crippen LogP contribution is 2.48. The number of hydrogen-bond acceptors (Lipinski definition) is 20. The molecular formula is C72H76Cl2F2N16O8S2. The Balaban J connectivity index is 0.000000189. The van der Waals surface area contributed by atoms with E-state index in [4.69, 9.17) is 48.4 Å². The molecule has 12 heterocycles. The van der Waals surface area contributed by atoms with E-state index in [2.05, 4.69) is 30.6 Å². The number of ether oxygens (including phenoxy) is 2. The Morgan fingerprint density at radius 3 is 1.60 bits per heavy atom. The van der Waals surface area contributed by atoms with Gasteiger partial charge in [-0.05, 0) is 141 Å². The maximum Gasteiger partial charge on any atom is 0.413 e. The highest BCUT2D eigenvalue weighted by Gasteiger charge is 2.48. The number of nitrogen functional groups attached to an aromatic ring is 1. The summed E-state index contributed by atoms with van der Waals surface area (Å²) in [7, 11) is 3.19. The van der Waals surface area contributed by atoms with Crippen LogP contribution in [0.15, 0.2) is 70.5 Å². The molecule has 4 atom stereocenters. The Morgan fingerprint density at radius 1 is 0.637 bits per heavy atom. The van der Waals surface area contributed by atoms with E-state index in [1.807, 2.05) is 71.3 Å². The van der Waals surface area contributed by atoms with Crippen LogP contribution in [-0.2, 0) is 19.1 Å². The van der Waals surface area contributed by atoms with E-state index >= 15 is 9.18 Å². The van der Waals surface area contributed by atoms with E-state index < -0.39 is 64.3 Å². The number of nitrogens with zero attached hydrogens (tertiary/aromatic N) is 13. The second-order valence-corrected chi connectivity index (χ2v) is 31.6. The molecule has 0 saturated carbocycles. The van der Waals surface area contributed by atoms with Crippen molar-refractivity contribution in [1.29, 1.82) is 0 Å². The Morgan fingerprint density at radius 2 is 1.11 bits per heavy atom. The minimum absolute atomic E-state index is 0.0142. The SMILES string of the molecule is Cc1ccnc(C(C)C)c1-n1c(=O)c2c(c3cc(Cl)c(-c4ccc(F)c5nc(N)sc45)nc31)N1C[C@@H](C)NC[C@@H]1C(=O)N2C.Cc1ccnc(C(C)C)c1-n1c(=O)c2c(c3cc(Cl)c(-c4ccc(F)c5nc(NC(=O)OC(C)(C)C)sc45)nc31)N1C[C@@H](C)N(C(=O)OC(C)(C)C)C[C@@H]1C(=O)N2C. The molecule has 0 spiro atoms. The van der Waals surface area contributed by atoms with Crippen LogP contribution in [0.4, 0.5) is 51.4 Å². The van der Waals surface area contributed by atoms with Gasteiger partial charge in [0.05, 0.1) is 71.5 Å². The zero-order valence-corrected chi connectivity index (χ0v) is 62.2. The number of aryl methyl sites for hydroxylation is 2. The molecule has 10 aromatic rings. The highest BCUT2D eigenvalue weighted by atomic mass is 35.5. The van der Waals surface area contributed by atoms with E-state index in [1.54, 1.807) is 102 Å². The van der Waals surface area contributed by atoms with Crippen LogP contribution in [0.2, 0.25) is 10.0 Å². The summed E-state index contributed by atoms with van der Waals surface area (Å²) in [5.74, 6) is -1.80. The number of carbonyl (C=O) groups excluding carboxylic acids is 4. The fourth-order valence-corrected chi connectivity index (χ4v) is 16.2. The fourth-order valence-electron chi connectivity index (χ4n) is 13.9. The van der Waals surface area contributed by atoms with Gasteiger partial charge in [-0.15, -0.1) is 0 Å². The smallest absolute Gasteiger partial charge is 0.413 e. The lowest BCUT2D eigenvalue weighted by Gasteiger charge is -2.49. The monoisotopic (exact) mass is 1460 g/mol. The minimum atomic E-state index is -0.853. The van der Waals surface area contributed by atoms with Gasteiger partial charge < -0.3 is 45.0 Å². The van der Waals surface area contributed by atoms with E-state index in [0.717, 1.165) is 33.8 Å². The van der Waals surface area contributed by atoms with Gasteiger partial charge in [-0.1, -0.05) is 73.6 Å². The highest BCUT2D eigenvalue weighted by molar-refractivity contribution is 7.23. The van der Waals surface area contributed by atoms with Crippen molar-refractivity contribution in [2.45, 2.75) is 144 Å². The topological polar surface area (TPSA) is 274 Å². The number of likely N-dealkylation sites (N-methyl/N-ethyl adjacent to an activating group) is 2. The Kier molecular flexibility index (Phi) is 18.1. The van der Waals surface area contributed by atoms with Crippen LogP contribution in [0.25, 0.3) is 76.4 Å². The molecule has 8 aromatic heterocycles. The van der Waals surface area contributed by atoms with Crippen molar-refractivity contribution in [2.75, 3.05) is 70.9 Å². The molecule has 4 aliphatic rings. The Bertz CT molecular complexity index is 5340. The molecule has 30 heteroatoms.